The number of hydrogen-bond donors (Lipinski definition) is 0. The normalized spacial score (nSPS) is 17.8. The molecule has 2 aromatic rings. The maximum atomic E-state index is 13.0. The van der Waals surface area contributed by atoms with E-state index >= 15 is 0 Å². The van der Waals surface area contributed by atoms with Gasteiger partial charge in [-0.3, -0.25) is 4.79 Å². The van der Waals surface area contributed by atoms with Gasteiger partial charge in [0.15, 0.2) is 0 Å². The summed E-state index contributed by atoms with van der Waals surface area (Å²) in [6.07, 6.45) is 1.77. The number of sulfonamides is 1. The molecule has 29 heavy (non-hydrogen) atoms. The van der Waals surface area contributed by atoms with Gasteiger partial charge in [-0.05, 0) is 29.3 Å². The third-order valence-corrected chi connectivity index (χ3v) is 7.98. The van der Waals surface area contributed by atoms with Crippen molar-refractivity contribution in [2.45, 2.75) is 16.3 Å². The molecule has 0 bridgehead atoms. The number of thioether (sulfide) groups is 1. The molecule has 1 fully saturated rings. The number of benzene rings is 2. The molecule has 0 N–H and O–H groups in total. The van der Waals surface area contributed by atoms with Gasteiger partial charge in [0.25, 0.3) is 0 Å². The lowest BCUT2D eigenvalue weighted by atomic mass is 10.1. The quantitative estimate of drug-likeness (QED) is 0.730. The van der Waals surface area contributed by atoms with Crippen molar-refractivity contribution in [2.24, 2.45) is 0 Å². The Morgan fingerprint density at radius 2 is 1.83 bits per heavy atom. The van der Waals surface area contributed by atoms with Gasteiger partial charge >= 0.3 is 0 Å². The first kappa shape index (κ1) is 20.2. The molecule has 0 atom stereocenters. The molecule has 0 spiro atoms. The molecule has 6 nitrogen and oxygen atoms in total. The molecular weight excluding hydrogens is 408 g/mol. The number of hydrogen-bond acceptors (Lipinski definition) is 5. The van der Waals surface area contributed by atoms with Crippen LogP contribution in [0.15, 0.2) is 58.8 Å². The zero-order chi connectivity index (χ0) is 20.4. The van der Waals surface area contributed by atoms with Crippen LogP contribution in [-0.2, 0) is 26.1 Å². The number of amides is 1. The Bertz CT molecular complexity index is 1030. The first-order chi connectivity index (χ1) is 14.0. The summed E-state index contributed by atoms with van der Waals surface area (Å²) in [6, 6.07) is 12.9. The summed E-state index contributed by atoms with van der Waals surface area (Å²) in [5, 5.41) is 0. The van der Waals surface area contributed by atoms with Crippen LogP contribution in [0.5, 0.6) is 0 Å². The standard InChI is InChI=1S/C21H22N2O4S2/c1-2-16-3-5-17(6-4-16)14-23-19-13-18(7-8-20(19)28-15-21(23)24)29(25,26)22-9-11-27-12-10-22/h2-8,13H,1,9-12,14-15H2. The van der Waals surface area contributed by atoms with E-state index < -0.39 is 10.0 Å². The number of anilines is 1. The Kier molecular flexibility index (Phi) is 5.78. The van der Waals surface area contributed by atoms with Crippen LogP contribution >= 0.6 is 11.8 Å². The van der Waals surface area contributed by atoms with Gasteiger partial charge in [0.2, 0.25) is 15.9 Å². The zero-order valence-electron chi connectivity index (χ0n) is 15.9. The predicted octanol–water partition coefficient (Wildman–Crippen LogP) is 2.99. The number of fused-ring (bicyclic) bond motifs is 1. The topological polar surface area (TPSA) is 66.9 Å². The van der Waals surface area contributed by atoms with Gasteiger partial charge in [-0.2, -0.15) is 4.31 Å². The van der Waals surface area contributed by atoms with Crippen molar-refractivity contribution in [1.29, 1.82) is 0 Å². The van der Waals surface area contributed by atoms with Crippen molar-refractivity contribution < 1.29 is 17.9 Å². The smallest absolute Gasteiger partial charge is 0.243 e. The van der Waals surface area contributed by atoms with Gasteiger partial charge in [-0.15, -0.1) is 11.8 Å². The van der Waals surface area contributed by atoms with Crippen molar-refractivity contribution in [3.8, 4) is 0 Å². The third kappa shape index (κ3) is 4.11. The number of nitrogens with zero attached hydrogens (tertiary/aromatic N) is 2. The van der Waals surface area contributed by atoms with E-state index in [0.717, 1.165) is 16.0 Å². The molecule has 8 heteroatoms. The van der Waals surface area contributed by atoms with Crippen LogP contribution in [0.2, 0.25) is 0 Å². The Morgan fingerprint density at radius 3 is 2.52 bits per heavy atom. The number of carbonyl (C=O) groups excluding carboxylic acids is 1. The number of rotatable bonds is 5. The molecule has 0 saturated carbocycles. The van der Waals surface area contributed by atoms with Crippen molar-refractivity contribution in [3.05, 3.63) is 60.2 Å². The molecule has 0 radical (unpaired) electrons. The van der Waals surface area contributed by atoms with Crippen molar-refractivity contribution in [2.75, 3.05) is 37.0 Å². The fourth-order valence-electron chi connectivity index (χ4n) is 3.39. The van der Waals surface area contributed by atoms with Crippen LogP contribution in [0.4, 0.5) is 5.69 Å². The number of morpholine rings is 1. The van der Waals surface area contributed by atoms with Crippen LogP contribution in [0.1, 0.15) is 11.1 Å². The Labute approximate surface area is 175 Å². The summed E-state index contributed by atoms with van der Waals surface area (Å²) >= 11 is 1.44. The van der Waals surface area contributed by atoms with Crippen molar-refractivity contribution >= 4 is 39.5 Å². The Balaban J connectivity index is 1.67. The lowest BCUT2D eigenvalue weighted by Gasteiger charge is -2.31. The summed E-state index contributed by atoms with van der Waals surface area (Å²) in [4.78, 5) is 15.5. The molecule has 2 aliphatic rings. The Morgan fingerprint density at radius 1 is 1.10 bits per heavy atom. The molecular formula is C21H22N2O4S2. The van der Waals surface area contributed by atoms with E-state index in [9.17, 15) is 13.2 Å². The van der Waals surface area contributed by atoms with E-state index in [1.54, 1.807) is 29.2 Å². The minimum atomic E-state index is -3.62. The number of ether oxygens (including phenoxy) is 1. The molecule has 2 aliphatic heterocycles. The van der Waals surface area contributed by atoms with Crippen LogP contribution in [0.25, 0.3) is 6.08 Å². The second-order valence-corrected chi connectivity index (χ2v) is 9.82. The highest BCUT2D eigenvalue weighted by molar-refractivity contribution is 8.00. The molecule has 0 unspecified atom stereocenters. The summed E-state index contributed by atoms with van der Waals surface area (Å²) in [6.45, 7) is 5.61. The molecule has 1 saturated heterocycles. The monoisotopic (exact) mass is 430 g/mol. The molecule has 0 aromatic heterocycles. The summed E-state index contributed by atoms with van der Waals surface area (Å²) in [5.74, 6) is 0.309. The molecule has 0 aliphatic carbocycles. The van der Waals surface area contributed by atoms with Gasteiger partial charge < -0.3 is 9.64 Å². The zero-order valence-corrected chi connectivity index (χ0v) is 17.5. The predicted molar refractivity (Wildman–Crippen MR) is 114 cm³/mol. The van der Waals surface area contributed by atoms with Gasteiger partial charge in [0.1, 0.15) is 0 Å². The SMILES string of the molecule is C=Cc1ccc(CN2C(=O)CSc3ccc(S(=O)(=O)N4CCOCC4)cc32)cc1. The van der Waals surface area contributed by atoms with Crippen molar-refractivity contribution in [1.82, 2.24) is 4.31 Å². The molecule has 2 heterocycles. The van der Waals surface area contributed by atoms with E-state index in [4.69, 9.17) is 4.74 Å². The Hall–Kier alpha value is -2.13. The summed E-state index contributed by atoms with van der Waals surface area (Å²) in [7, 11) is -3.62. The maximum Gasteiger partial charge on any atom is 0.243 e. The lowest BCUT2D eigenvalue weighted by Crippen LogP contribution is -2.41. The second kappa shape index (κ2) is 8.31. The largest absolute Gasteiger partial charge is 0.379 e. The molecule has 2 aromatic carbocycles. The van der Waals surface area contributed by atoms with Crippen LogP contribution < -0.4 is 4.90 Å². The van der Waals surface area contributed by atoms with Crippen LogP contribution in [-0.4, -0.2) is 50.7 Å². The molecule has 1 amide bonds. The first-order valence-corrected chi connectivity index (χ1v) is 11.8. The van der Waals surface area contributed by atoms with E-state index in [1.807, 2.05) is 24.3 Å². The highest BCUT2D eigenvalue weighted by Crippen LogP contribution is 2.38. The highest BCUT2D eigenvalue weighted by atomic mass is 32.2. The molecule has 4 rings (SSSR count). The minimum Gasteiger partial charge on any atom is -0.379 e. The van der Waals surface area contributed by atoms with Gasteiger partial charge in [0.05, 0.1) is 36.1 Å². The minimum absolute atomic E-state index is 0.0313. The number of carbonyl (C=O) groups is 1. The van der Waals surface area contributed by atoms with E-state index in [1.165, 1.54) is 16.1 Å². The van der Waals surface area contributed by atoms with Crippen LogP contribution in [0, 0.1) is 0 Å². The third-order valence-electron chi connectivity index (χ3n) is 5.04. The fraction of sp³-hybridized carbons (Fsp3) is 0.286. The maximum absolute atomic E-state index is 13.0. The average Bonchev–Trinajstić information content (AvgIpc) is 2.76. The summed E-state index contributed by atoms with van der Waals surface area (Å²) in [5.41, 5.74) is 2.63. The highest BCUT2D eigenvalue weighted by Gasteiger charge is 2.30. The van der Waals surface area contributed by atoms with E-state index in [-0.39, 0.29) is 10.8 Å². The van der Waals surface area contributed by atoms with E-state index in [2.05, 4.69) is 6.58 Å². The second-order valence-electron chi connectivity index (χ2n) is 6.86. The summed E-state index contributed by atoms with van der Waals surface area (Å²) < 4.78 is 32.8. The average molecular weight is 431 g/mol. The van der Waals surface area contributed by atoms with Gasteiger partial charge in [0, 0.05) is 18.0 Å². The van der Waals surface area contributed by atoms with Gasteiger partial charge in [-0.25, -0.2) is 8.42 Å². The molecule has 152 valence electrons. The lowest BCUT2D eigenvalue weighted by molar-refractivity contribution is -0.116. The van der Waals surface area contributed by atoms with E-state index in [0.29, 0.717) is 44.3 Å². The van der Waals surface area contributed by atoms with Gasteiger partial charge in [-0.1, -0.05) is 36.9 Å². The van der Waals surface area contributed by atoms with Crippen molar-refractivity contribution in [3.63, 3.8) is 0 Å². The first-order valence-electron chi connectivity index (χ1n) is 9.35. The fourth-order valence-corrected chi connectivity index (χ4v) is 5.74. The van der Waals surface area contributed by atoms with Crippen LogP contribution in [0.3, 0.4) is 0 Å².